The summed E-state index contributed by atoms with van der Waals surface area (Å²) < 4.78 is 23.3. The van der Waals surface area contributed by atoms with Gasteiger partial charge in [-0.05, 0) is 129 Å². The van der Waals surface area contributed by atoms with Gasteiger partial charge in [0.05, 0.1) is 23.5 Å². The molecule has 4 nitrogen and oxygen atoms in total. The number of hydrogen-bond acceptors (Lipinski definition) is 6. The molecule has 0 fully saturated rings. The highest BCUT2D eigenvalue weighted by atomic mass is 127. The summed E-state index contributed by atoms with van der Waals surface area (Å²) in [5.41, 5.74) is 16.7. The van der Waals surface area contributed by atoms with Crippen molar-refractivity contribution in [2.75, 3.05) is 0 Å². The van der Waals surface area contributed by atoms with E-state index in [9.17, 15) is 0 Å². The van der Waals surface area contributed by atoms with Gasteiger partial charge in [-0.1, -0.05) is 362 Å². The molecule has 0 saturated heterocycles. The van der Waals surface area contributed by atoms with E-state index in [0.717, 1.165) is 11.0 Å². The predicted octanol–water partition coefficient (Wildman–Crippen LogP) is 29.4. The molecule has 0 radical (unpaired) electrons. The lowest BCUT2D eigenvalue weighted by atomic mass is 9.68. The van der Waals surface area contributed by atoms with Crippen LogP contribution >= 0.6 is 68.6 Å². The number of rotatable bonds is 56. The van der Waals surface area contributed by atoms with Crippen molar-refractivity contribution >= 4 is 90.7 Å². The smallest absolute Gasteiger partial charge is 0.118 e. The fourth-order valence-corrected chi connectivity index (χ4v) is 19.1. The first-order valence-electron chi connectivity index (χ1n) is 38.6. The van der Waals surface area contributed by atoms with E-state index in [1.807, 2.05) is 0 Å². The van der Waals surface area contributed by atoms with Crippen molar-refractivity contribution in [2.24, 2.45) is 0 Å². The van der Waals surface area contributed by atoms with Gasteiger partial charge in [0.15, 0.2) is 0 Å². The lowest BCUT2D eigenvalue weighted by Gasteiger charge is -2.35. The zero-order chi connectivity index (χ0) is 61.8. The summed E-state index contributed by atoms with van der Waals surface area (Å²) in [6.45, 7) is 9.32. The maximum Gasteiger partial charge on any atom is 0.118 e. The molecule has 7 rings (SSSR count). The Kier molecular flexibility index (Phi) is 36.8. The van der Waals surface area contributed by atoms with Gasteiger partial charge >= 0.3 is 0 Å². The van der Waals surface area contributed by atoms with Gasteiger partial charge < -0.3 is 0 Å². The standard InChI is InChI=1S/C80H128I2N4S2/c1-5-9-13-17-21-25-29-33-37-41-45-49-53-57-79(58-54-50-46-42-38-34-30-26-22-18-14-10-6-2)67-61-66-68(62-65(67)73-69(79)63-71(81)75-77(73)85-87-83-75)80(70-64-72(82)76-78(74(66)70)86-88-84-76,59-55-51-47-43-39-35-31-27-23-19-15-11-7-3)60-56-52-48-44-40-36-32-28-24-20-16-12-8-4/h61-64H,5-60H2,1-4H3. The van der Waals surface area contributed by atoms with E-state index >= 15 is 0 Å². The van der Waals surface area contributed by atoms with Crippen molar-refractivity contribution < 1.29 is 0 Å². The van der Waals surface area contributed by atoms with E-state index in [-0.39, 0.29) is 10.8 Å². The Hall–Kier alpha value is -1.24. The van der Waals surface area contributed by atoms with Gasteiger partial charge in [0.2, 0.25) is 0 Å². The molecule has 0 aliphatic heterocycles. The van der Waals surface area contributed by atoms with E-state index in [1.54, 1.807) is 22.3 Å². The van der Waals surface area contributed by atoms with Crippen molar-refractivity contribution in [3.8, 4) is 22.3 Å². The van der Waals surface area contributed by atoms with E-state index in [4.69, 9.17) is 17.5 Å². The van der Waals surface area contributed by atoms with Gasteiger partial charge in [-0.25, -0.2) is 0 Å². The minimum Gasteiger partial charge on any atom is -0.172 e. The highest BCUT2D eigenvalue weighted by Gasteiger charge is 2.50. The number of halogens is 2. The quantitative estimate of drug-likeness (QED) is 0.0288. The molecule has 0 saturated carbocycles. The molecule has 2 aliphatic rings. The summed E-state index contributed by atoms with van der Waals surface area (Å²) >= 11 is 8.14. The first-order chi connectivity index (χ1) is 43.5. The summed E-state index contributed by atoms with van der Waals surface area (Å²) in [6, 6.07) is 10.9. The minimum absolute atomic E-state index is 0.0505. The third-order valence-corrected chi connectivity index (χ3v) is 24.3. The summed E-state index contributed by atoms with van der Waals surface area (Å²) in [5.74, 6) is 0. The van der Waals surface area contributed by atoms with Gasteiger partial charge in [0, 0.05) is 29.1 Å². The maximum atomic E-state index is 5.31. The predicted molar refractivity (Wildman–Crippen MR) is 408 cm³/mol. The van der Waals surface area contributed by atoms with E-state index in [0.29, 0.717) is 0 Å². The lowest BCUT2D eigenvalue weighted by Crippen LogP contribution is -2.27. The van der Waals surface area contributed by atoms with Crippen molar-refractivity contribution in [2.45, 2.75) is 398 Å². The average Bonchev–Trinajstić information content (AvgIpc) is 1.53. The molecule has 5 aromatic rings. The Morgan fingerprint density at radius 3 is 0.659 bits per heavy atom. The summed E-state index contributed by atoms with van der Waals surface area (Å²) in [7, 11) is 0. The van der Waals surface area contributed by atoms with Crippen LogP contribution in [0.3, 0.4) is 0 Å². The van der Waals surface area contributed by atoms with Crippen molar-refractivity contribution in [1.29, 1.82) is 0 Å². The van der Waals surface area contributed by atoms with Crippen LogP contribution in [0.15, 0.2) is 24.3 Å². The SMILES string of the molecule is CCCCCCCCCCCCCCCC1(CCCCCCCCCCCCCCC)c2cc3c(cc2-c2c1cc(I)c1nsnc21)C(CCCCCCCCCCCCCCC)(CCCCCCCCCCCCCCC)c1cc(I)c2nsnc2c1-3. The Morgan fingerprint density at radius 2 is 0.443 bits per heavy atom. The van der Waals surface area contributed by atoms with Gasteiger partial charge in [-0.3, -0.25) is 0 Å². The van der Waals surface area contributed by atoms with Crippen LogP contribution in [0.1, 0.15) is 410 Å². The Labute approximate surface area is 577 Å². The first-order valence-corrected chi connectivity index (χ1v) is 42.2. The first kappa shape index (κ1) is 74.2. The molecule has 2 heterocycles. The largest absolute Gasteiger partial charge is 0.172 e. The van der Waals surface area contributed by atoms with Crippen LogP contribution in [-0.4, -0.2) is 17.5 Å². The van der Waals surface area contributed by atoms with E-state index < -0.39 is 0 Å². The molecule has 88 heavy (non-hydrogen) atoms. The average molecular weight is 1460 g/mol. The van der Waals surface area contributed by atoms with Crippen LogP contribution in [0, 0.1) is 7.14 Å². The Morgan fingerprint density at radius 1 is 0.250 bits per heavy atom. The monoisotopic (exact) mass is 1460 g/mol. The molecule has 0 N–H and O–H groups in total. The molecule has 494 valence electrons. The highest BCUT2D eigenvalue weighted by Crippen LogP contribution is 2.63. The summed E-state index contributed by atoms with van der Waals surface area (Å²) in [4.78, 5) is 0. The summed E-state index contributed by atoms with van der Waals surface area (Å²) in [5, 5.41) is 0. The molecular formula is C80H128I2N4S2. The second-order valence-corrected chi connectivity index (χ2v) is 31.9. The van der Waals surface area contributed by atoms with Crippen LogP contribution in [0.4, 0.5) is 0 Å². The van der Waals surface area contributed by atoms with Gasteiger partial charge in [0.25, 0.3) is 0 Å². The molecule has 0 bridgehead atoms. The number of benzene rings is 3. The number of fused-ring (bicyclic) bond motifs is 10. The number of hydrogen-bond donors (Lipinski definition) is 0. The molecule has 2 aliphatic carbocycles. The van der Waals surface area contributed by atoms with Crippen LogP contribution in [0.2, 0.25) is 0 Å². The molecule has 0 unspecified atom stereocenters. The third kappa shape index (κ3) is 22.4. The molecule has 2 aromatic heterocycles. The molecule has 8 heteroatoms. The molecule has 0 atom stereocenters. The molecule has 0 amide bonds. The van der Waals surface area contributed by atoms with Crippen molar-refractivity contribution in [3.05, 3.63) is 53.7 Å². The second kappa shape index (κ2) is 43.7. The second-order valence-electron chi connectivity index (χ2n) is 28.6. The van der Waals surface area contributed by atoms with Gasteiger partial charge in [-0.15, -0.1) is 0 Å². The Bertz CT molecular complexity index is 2410. The summed E-state index contributed by atoms with van der Waals surface area (Å²) in [6.07, 6.45) is 77.3. The van der Waals surface area contributed by atoms with Crippen LogP contribution in [0.5, 0.6) is 0 Å². The third-order valence-electron chi connectivity index (χ3n) is 21.6. The fraction of sp³-hybridized carbons (Fsp3) is 0.775. The number of aromatic nitrogens is 4. The van der Waals surface area contributed by atoms with Crippen LogP contribution in [0.25, 0.3) is 44.3 Å². The minimum atomic E-state index is -0.0505. The number of unbranched alkanes of at least 4 members (excludes halogenated alkanes) is 48. The molecule has 3 aromatic carbocycles. The fourth-order valence-electron chi connectivity index (χ4n) is 16.3. The molecular weight excluding hydrogens is 1330 g/mol. The van der Waals surface area contributed by atoms with Crippen molar-refractivity contribution in [1.82, 2.24) is 17.5 Å². The van der Waals surface area contributed by atoms with Crippen LogP contribution < -0.4 is 0 Å². The Balaban J connectivity index is 1.16. The van der Waals surface area contributed by atoms with E-state index in [2.05, 4.69) is 97.1 Å². The lowest BCUT2D eigenvalue weighted by molar-refractivity contribution is 0.393. The maximum absolute atomic E-state index is 5.31. The molecule has 0 spiro atoms. The van der Waals surface area contributed by atoms with Crippen molar-refractivity contribution in [3.63, 3.8) is 0 Å². The zero-order valence-electron chi connectivity index (χ0n) is 57.3. The van der Waals surface area contributed by atoms with Gasteiger partial charge in [-0.2, -0.15) is 17.5 Å². The van der Waals surface area contributed by atoms with E-state index in [1.165, 1.54) is 423 Å². The topological polar surface area (TPSA) is 51.6 Å². The highest BCUT2D eigenvalue weighted by molar-refractivity contribution is 14.1. The normalized spacial score (nSPS) is 13.8. The van der Waals surface area contributed by atoms with Crippen LogP contribution in [-0.2, 0) is 10.8 Å². The zero-order valence-corrected chi connectivity index (χ0v) is 63.2. The van der Waals surface area contributed by atoms with Gasteiger partial charge in [0.1, 0.15) is 22.1 Å². The number of nitrogens with zero attached hydrogens (tertiary/aromatic N) is 4.